The maximum absolute atomic E-state index is 12.2. The van der Waals surface area contributed by atoms with Crippen molar-refractivity contribution in [3.63, 3.8) is 0 Å². The average Bonchev–Trinajstić information content (AvgIpc) is 2.55. The lowest BCUT2D eigenvalue weighted by Gasteiger charge is -2.29. The predicted octanol–water partition coefficient (Wildman–Crippen LogP) is 1.69. The normalized spacial score (nSPS) is 15.9. The van der Waals surface area contributed by atoms with E-state index in [9.17, 15) is 9.59 Å². The molecule has 1 aliphatic rings. The van der Waals surface area contributed by atoms with Gasteiger partial charge in [0.05, 0.1) is 11.6 Å². The molecular formula is C16H19N3O2. The summed E-state index contributed by atoms with van der Waals surface area (Å²) in [6, 6.07) is 7.82. The number of carbonyl (C=O) groups excluding carboxylic acids is 2. The van der Waals surface area contributed by atoms with Crippen molar-refractivity contribution in [3.05, 3.63) is 35.4 Å². The molecule has 0 spiro atoms. The maximum Gasteiger partial charge on any atom is 0.251 e. The Kier molecular flexibility index (Phi) is 4.94. The van der Waals surface area contributed by atoms with Crippen molar-refractivity contribution in [3.8, 4) is 6.07 Å². The molecule has 2 rings (SSSR count). The van der Waals surface area contributed by atoms with Crippen LogP contribution >= 0.6 is 0 Å². The number of rotatable bonds is 3. The smallest absolute Gasteiger partial charge is 0.251 e. The molecule has 0 saturated carbocycles. The van der Waals surface area contributed by atoms with Crippen molar-refractivity contribution in [1.82, 2.24) is 10.2 Å². The molecule has 0 radical (unpaired) electrons. The fourth-order valence-corrected chi connectivity index (χ4v) is 2.43. The fraction of sp³-hybridized carbons (Fsp3) is 0.438. The molecular weight excluding hydrogens is 266 g/mol. The minimum absolute atomic E-state index is 0.0308. The van der Waals surface area contributed by atoms with E-state index in [0.717, 1.165) is 32.4 Å². The summed E-state index contributed by atoms with van der Waals surface area (Å²) >= 11 is 0. The number of likely N-dealkylation sites (tertiary alicyclic amines) is 1. The van der Waals surface area contributed by atoms with Gasteiger partial charge in [-0.15, -0.1) is 0 Å². The number of hydrogen-bond acceptors (Lipinski definition) is 3. The summed E-state index contributed by atoms with van der Waals surface area (Å²) in [6.07, 6.45) is 3.22. The molecule has 0 aromatic heterocycles. The van der Waals surface area contributed by atoms with Gasteiger partial charge < -0.3 is 10.2 Å². The Morgan fingerprint density at radius 1 is 1.19 bits per heavy atom. The third-order valence-electron chi connectivity index (χ3n) is 3.66. The third kappa shape index (κ3) is 3.82. The van der Waals surface area contributed by atoms with Crippen LogP contribution in [0.5, 0.6) is 0 Å². The second-order valence-corrected chi connectivity index (χ2v) is 5.27. The summed E-state index contributed by atoms with van der Waals surface area (Å²) in [5.74, 6) is -0.325. The molecule has 1 N–H and O–H groups in total. The van der Waals surface area contributed by atoms with Gasteiger partial charge in [-0.2, -0.15) is 5.26 Å². The van der Waals surface area contributed by atoms with E-state index in [-0.39, 0.29) is 11.8 Å². The van der Waals surface area contributed by atoms with Crippen LogP contribution in [0.3, 0.4) is 0 Å². The topological polar surface area (TPSA) is 73.2 Å². The largest absolute Gasteiger partial charge is 0.341 e. The molecule has 110 valence electrons. The van der Waals surface area contributed by atoms with E-state index in [1.165, 1.54) is 0 Å². The monoisotopic (exact) mass is 285 g/mol. The quantitative estimate of drug-likeness (QED) is 0.918. The molecule has 0 aliphatic carbocycles. The Labute approximate surface area is 124 Å². The highest BCUT2D eigenvalue weighted by Gasteiger charge is 2.23. The number of nitrogens with one attached hydrogen (secondary N) is 1. The predicted molar refractivity (Wildman–Crippen MR) is 78.5 cm³/mol. The second kappa shape index (κ2) is 6.89. The standard InChI is InChI=1S/C16H19N3O2/c1-12(16(21)19-9-3-2-4-10-19)18-15(20)14-7-5-13(11-17)6-8-14/h5-8,12H,2-4,9-10H2,1H3,(H,18,20). The van der Waals surface area contributed by atoms with Gasteiger partial charge >= 0.3 is 0 Å². The van der Waals surface area contributed by atoms with Crippen molar-refractivity contribution in [2.45, 2.75) is 32.2 Å². The van der Waals surface area contributed by atoms with Gasteiger partial charge in [0.25, 0.3) is 5.91 Å². The highest BCUT2D eigenvalue weighted by Crippen LogP contribution is 2.10. The summed E-state index contributed by atoms with van der Waals surface area (Å²) in [7, 11) is 0. The Bertz CT molecular complexity index is 554. The molecule has 1 heterocycles. The average molecular weight is 285 g/mol. The molecule has 1 aliphatic heterocycles. The first-order chi connectivity index (χ1) is 10.1. The first-order valence-corrected chi connectivity index (χ1v) is 7.21. The van der Waals surface area contributed by atoms with Gasteiger partial charge in [-0.25, -0.2) is 0 Å². The van der Waals surface area contributed by atoms with E-state index in [2.05, 4.69) is 5.32 Å². The van der Waals surface area contributed by atoms with Gasteiger partial charge in [0.1, 0.15) is 6.04 Å². The minimum atomic E-state index is -0.536. The minimum Gasteiger partial charge on any atom is -0.341 e. The van der Waals surface area contributed by atoms with Gasteiger partial charge in [0.2, 0.25) is 5.91 Å². The zero-order valence-corrected chi connectivity index (χ0v) is 12.1. The molecule has 1 aromatic rings. The molecule has 1 aromatic carbocycles. The lowest BCUT2D eigenvalue weighted by Crippen LogP contribution is -2.48. The van der Waals surface area contributed by atoms with E-state index in [0.29, 0.717) is 11.1 Å². The van der Waals surface area contributed by atoms with Crippen LogP contribution in [0.15, 0.2) is 24.3 Å². The molecule has 1 fully saturated rings. The fourth-order valence-electron chi connectivity index (χ4n) is 2.43. The zero-order valence-electron chi connectivity index (χ0n) is 12.1. The van der Waals surface area contributed by atoms with Crippen LogP contribution in [-0.4, -0.2) is 35.8 Å². The summed E-state index contributed by atoms with van der Waals surface area (Å²) in [5, 5.41) is 11.4. The first-order valence-electron chi connectivity index (χ1n) is 7.21. The van der Waals surface area contributed by atoms with Gasteiger partial charge in [-0.05, 0) is 50.5 Å². The Morgan fingerprint density at radius 3 is 2.38 bits per heavy atom. The zero-order chi connectivity index (χ0) is 15.2. The lowest BCUT2D eigenvalue weighted by atomic mass is 10.1. The van der Waals surface area contributed by atoms with E-state index < -0.39 is 6.04 Å². The van der Waals surface area contributed by atoms with E-state index in [1.54, 1.807) is 31.2 Å². The molecule has 1 atom stereocenters. The number of piperidine rings is 1. The Morgan fingerprint density at radius 2 is 1.81 bits per heavy atom. The van der Waals surface area contributed by atoms with Crippen molar-refractivity contribution >= 4 is 11.8 Å². The molecule has 5 heteroatoms. The van der Waals surface area contributed by atoms with Crippen molar-refractivity contribution in [2.24, 2.45) is 0 Å². The van der Waals surface area contributed by atoms with Gasteiger partial charge in [-0.3, -0.25) is 9.59 Å². The highest BCUT2D eigenvalue weighted by molar-refractivity contribution is 5.97. The van der Waals surface area contributed by atoms with Crippen molar-refractivity contribution < 1.29 is 9.59 Å². The Hall–Kier alpha value is -2.35. The van der Waals surface area contributed by atoms with Gasteiger partial charge in [0, 0.05) is 18.7 Å². The van der Waals surface area contributed by atoms with Crippen LogP contribution in [0.2, 0.25) is 0 Å². The SMILES string of the molecule is CC(NC(=O)c1ccc(C#N)cc1)C(=O)N1CCCCC1. The van der Waals surface area contributed by atoms with Gasteiger partial charge in [0.15, 0.2) is 0 Å². The number of hydrogen-bond donors (Lipinski definition) is 1. The molecule has 0 bridgehead atoms. The summed E-state index contributed by atoms with van der Waals surface area (Å²) < 4.78 is 0. The van der Waals surface area contributed by atoms with Crippen LogP contribution in [-0.2, 0) is 4.79 Å². The van der Waals surface area contributed by atoms with Crippen LogP contribution in [0.4, 0.5) is 0 Å². The Balaban J connectivity index is 1.94. The molecule has 5 nitrogen and oxygen atoms in total. The number of nitrogens with zero attached hydrogens (tertiary/aromatic N) is 2. The van der Waals surface area contributed by atoms with Crippen LogP contribution in [0, 0.1) is 11.3 Å². The van der Waals surface area contributed by atoms with Crippen LogP contribution < -0.4 is 5.32 Å². The van der Waals surface area contributed by atoms with Crippen molar-refractivity contribution in [1.29, 1.82) is 5.26 Å². The maximum atomic E-state index is 12.2. The number of carbonyl (C=O) groups is 2. The van der Waals surface area contributed by atoms with E-state index in [1.807, 2.05) is 11.0 Å². The highest BCUT2D eigenvalue weighted by atomic mass is 16.2. The summed E-state index contributed by atoms with van der Waals surface area (Å²) in [6.45, 7) is 3.25. The lowest BCUT2D eigenvalue weighted by molar-refractivity contribution is -0.133. The van der Waals surface area contributed by atoms with Crippen molar-refractivity contribution in [2.75, 3.05) is 13.1 Å². The summed E-state index contributed by atoms with van der Waals surface area (Å²) in [5.41, 5.74) is 0.955. The summed E-state index contributed by atoms with van der Waals surface area (Å²) in [4.78, 5) is 26.1. The molecule has 21 heavy (non-hydrogen) atoms. The van der Waals surface area contributed by atoms with Gasteiger partial charge in [-0.1, -0.05) is 0 Å². The molecule has 1 saturated heterocycles. The first kappa shape index (κ1) is 15.0. The number of nitriles is 1. The van der Waals surface area contributed by atoms with E-state index in [4.69, 9.17) is 5.26 Å². The van der Waals surface area contributed by atoms with E-state index >= 15 is 0 Å². The number of benzene rings is 1. The second-order valence-electron chi connectivity index (χ2n) is 5.27. The number of amides is 2. The molecule has 2 amide bonds. The third-order valence-corrected chi connectivity index (χ3v) is 3.66. The van der Waals surface area contributed by atoms with Crippen LogP contribution in [0.25, 0.3) is 0 Å². The molecule has 1 unspecified atom stereocenters. The van der Waals surface area contributed by atoms with Crippen LogP contribution in [0.1, 0.15) is 42.1 Å².